The normalized spacial score (nSPS) is 11.5. The zero-order valence-corrected chi connectivity index (χ0v) is 12.2. The molecule has 22 heavy (non-hydrogen) atoms. The van der Waals surface area contributed by atoms with Gasteiger partial charge in [0.25, 0.3) is 0 Å². The summed E-state index contributed by atoms with van der Waals surface area (Å²) in [6.45, 7) is 1.76. The zero-order valence-electron chi connectivity index (χ0n) is 12.2. The van der Waals surface area contributed by atoms with E-state index in [1.807, 2.05) is 31.2 Å². The van der Waals surface area contributed by atoms with Crippen LogP contribution in [-0.4, -0.2) is 17.8 Å². The minimum absolute atomic E-state index is 0.213. The minimum Gasteiger partial charge on any atom is -0.484 e. The van der Waals surface area contributed by atoms with E-state index >= 15 is 0 Å². The van der Waals surface area contributed by atoms with Crippen LogP contribution < -0.4 is 10.1 Å². The molecule has 0 aliphatic rings. The molecule has 0 bridgehead atoms. The third-order valence-electron chi connectivity index (χ3n) is 2.88. The SMILES string of the molecule is Cc1cccc(CNCc2cccc(OCC(F)(F)F)c2)n1. The third kappa shape index (κ3) is 5.73. The second-order valence-electron chi connectivity index (χ2n) is 4.93. The number of halogens is 3. The molecule has 0 saturated heterocycles. The van der Waals surface area contributed by atoms with E-state index in [-0.39, 0.29) is 5.75 Å². The van der Waals surface area contributed by atoms with E-state index < -0.39 is 12.8 Å². The molecule has 0 saturated carbocycles. The summed E-state index contributed by atoms with van der Waals surface area (Å²) in [7, 11) is 0. The third-order valence-corrected chi connectivity index (χ3v) is 2.88. The highest BCUT2D eigenvalue weighted by molar-refractivity contribution is 5.28. The largest absolute Gasteiger partial charge is 0.484 e. The van der Waals surface area contributed by atoms with Gasteiger partial charge >= 0.3 is 6.18 Å². The van der Waals surface area contributed by atoms with E-state index in [2.05, 4.69) is 10.3 Å². The van der Waals surface area contributed by atoms with Gasteiger partial charge in [-0.15, -0.1) is 0 Å². The molecule has 1 aromatic carbocycles. The van der Waals surface area contributed by atoms with E-state index in [1.54, 1.807) is 12.1 Å². The van der Waals surface area contributed by atoms with Crippen molar-refractivity contribution in [1.82, 2.24) is 10.3 Å². The number of pyridine rings is 1. The molecule has 1 aromatic heterocycles. The van der Waals surface area contributed by atoms with Gasteiger partial charge in [0.05, 0.1) is 5.69 Å². The number of benzene rings is 1. The molecule has 0 fully saturated rings. The van der Waals surface area contributed by atoms with E-state index in [4.69, 9.17) is 4.74 Å². The van der Waals surface area contributed by atoms with Gasteiger partial charge in [0.2, 0.25) is 0 Å². The van der Waals surface area contributed by atoms with Gasteiger partial charge in [-0.25, -0.2) is 0 Å². The Balaban J connectivity index is 1.85. The van der Waals surface area contributed by atoms with E-state index in [0.717, 1.165) is 17.0 Å². The lowest BCUT2D eigenvalue weighted by Crippen LogP contribution is -2.19. The van der Waals surface area contributed by atoms with Crippen LogP contribution >= 0.6 is 0 Å². The lowest BCUT2D eigenvalue weighted by molar-refractivity contribution is -0.153. The number of alkyl halides is 3. The van der Waals surface area contributed by atoms with Gasteiger partial charge in [-0.3, -0.25) is 4.98 Å². The molecule has 6 heteroatoms. The molecule has 0 spiro atoms. The van der Waals surface area contributed by atoms with Gasteiger partial charge in [0, 0.05) is 18.8 Å². The Bertz CT molecular complexity index is 614. The predicted molar refractivity (Wildman–Crippen MR) is 77.5 cm³/mol. The molecular formula is C16H17F3N2O. The van der Waals surface area contributed by atoms with Gasteiger partial charge in [-0.05, 0) is 36.8 Å². The van der Waals surface area contributed by atoms with Crippen molar-refractivity contribution in [2.24, 2.45) is 0 Å². The number of aryl methyl sites for hydroxylation is 1. The van der Waals surface area contributed by atoms with Crippen LogP contribution in [0.2, 0.25) is 0 Å². The van der Waals surface area contributed by atoms with Crippen molar-refractivity contribution in [3.63, 3.8) is 0 Å². The number of rotatable bonds is 6. The first kappa shape index (κ1) is 16.3. The topological polar surface area (TPSA) is 34.1 Å². The van der Waals surface area contributed by atoms with Crippen molar-refractivity contribution < 1.29 is 17.9 Å². The van der Waals surface area contributed by atoms with Crippen molar-refractivity contribution in [2.45, 2.75) is 26.2 Å². The molecule has 0 atom stereocenters. The Morgan fingerprint density at radius 1 is 1.09 bits per heavy atom. The maximum Gasteiger partial charge on any atom is 0.422 e. The number of aromatic nitrogens is 1. The Labute approximate surface area is 127 Å². The summed E-state index contributed by atoms with van der Waals surface area (Å²) in [6.07, 6.45) is -4.33. The second-order valence-corrected chi connectivity index (χ2v) is 4.93. The molecule has 1 heterocycles. The zero-order chi connectivity index (χ0) is 16.0. The van der Waals surface area contributed by atoms with E-state index in [1.165, 1.54) is 6.07 Å². The smallest absolute Gasteiger partial charge is 0.422 e. The number of hydrogen-bond acceptors (Lipinski definition) is 3. The molecule has 2 aromatic rings. The summed E-state index contributed by atoms with van der Waals surface area (Å²) in [5, 5.41) is 3.20. The fourth-order valence-electron chi connectivity index (χ4n) is 1.94. The Hall–Kier alpha value is -2.08. The van der Waals surface area contributed by atoms with Crippen molar-refractivity contribution >= 4 is 0 Å². The number of nitrogens with zero attached hydrogens (tertiary/aromatic N) is 1. The maximum atomic E-state index is 12.1. The standard InChI is InChI=1S/C16H17F3N2O/c1-12-4-2-6-14(21-12)10-20-9-13-5-3-7-15(8-13)22-11-16(17,18)19/h2-8,20H,9-11H2,1H3. The van der Waals surface area contributed by atoms with Crippen LogP contribution in [0.25, 0.3) is 0 Å². The highest BCUT2D eigenvalue weighted by Crippen LogP contribution is 2.19. The number of nitrogens with one attached hydrogen (secondary N) is 1. The molecular weight excluding hydrogens is 293 g/mol. The highest BCUT2D eigenvalue weighted by Gasteiger charge is 2.28. The van der Waals surface area contributed by atoms with E-state index in [0.29, 0.717) is 13.1 Å². The summed E-state index contributed by atoms with van der Waals surface area (Å²) in [4.78, 5) is 4.37. The molecule has 0 aliphatic heterocycles. The quantitative estimate of drug-likeness (QED) is 0.885. The van der Waals surface area contributed by atoms with Crippen LogP contribution in [0.1, 0.15) is 17.0 Å². The molecule has 0 amide bonds. The van der Waals surface area contributed by atoms with Crippen LogP contribution in [0.4, 0.5) is 13.2 Å². The first-order chi connectivity index (χ1) is 10.4. The van der Waals surface area contributed by atoms with Gasteiger partial charge in [-0.2, -0.15) is 13.2 Å². The van der Waals surface area contributed by atoms with Gasteiger partial charge in [0.1, 0.15) is 5.75 Å². The summed E-state index contributed by atoms with van der Waals surface area (Å²) >= 11 is 0. The first-order valence-corrected chi connectivity index (χ1v) is 6.84. The van der Waals surface area contributed by atoms with Crippen LogP contribution in [0.3, 0.4) is 0 Å². The summed E-state index contributed by atoms with van der Waals surface area (Å²) in [5.74, 6) is 0.213. The molecule has 118 valence electrons. The van der Waals surface area contributed by atoms with Gasteiger partial charge in [0.15, 0.2) is 6.61 Å². The number of ether oxygens (including phenoxy) is 1. The average Bonchev–Trinajstić information content (AvgIpc) is 2.45. The Kier molecular flexibility index (Phi) is 5.38. The van der Waals surface area contributed by atoms with Crippen molar-refractivity contribution in [3.05, 3.63) is 59.4 Å². The summed E-state index contributed by atoms with van der Waals surface area (Å²) < 4.78 is 41.1. The Morgan fingerprint density at radius 2 is 1.86 bits per heavy atom. The fourth-order valence-corrected chi connectivity index (χ4v) is 1.94. The van der Waals surface area contributed by atoms with Crippen molar-refractivity contribution in [2.75, 3.05) is 6.61 Å². The molecule has 0 aliphatic carbocycles. The molecule has 0 unspecified atom stereocenters. The Morgan fingerprint density at radius 3 is 2.59 bits per heavy atom. The first-order valence-electron chi connectivity index (χ1n) is 6.84. The van der Waals surface area contributed by atoms with Crippen LogP contribution in [-0.2, 0) is 13.1 Å². The molecule has 3 nitrogen and oxygen atoms in total. The predicted octanol–water partition coefficient (Wildman–Crippen LogP) is 3.62. The fraction of sp³-hybridized carbons (Fsp3) is 0.312. The molecule has 0 radical (unpaired) electrons. The van der Waals surface area contributed by atoms with Crippen molar-refractivity contribution in [1.29, 1.82) is 0 Å². The van der Waals surface area contributed by atoms with Gasteiger partial charge in [-0.1, -0.05) is 18.2 Å². The van der Waals surface area contributed by atoms with Crippen LogP contribution in [0, 0.1) is 6.92 Å². The van der Waals surface area contributed by atoms with Crippen molar-refractivity contribution in [3.8, 4) is 5.75 Å². The number of hydrogen-bond donors (Lipinski definition) is 1. The lowest BCUT2D eigenvalue weighted by atomic mass is 10.2. The molecule has 2 rings (SSSR count). The maximum absolute atomic E-state index is 12.1. The summed E-state index contributed by atoms with van der Waals surface area (Å²) in [6, 6.07) is 12.4. The minimum atomic E-state index is -4.33. The van der Waals surface area contributed by atoms with Gasteiger partial charge < -0.3 is 10.1 Å². The molecule has 1 N–H and O–H groups in total. The van der Waals surface area contributed by atoms with Crippen LogP contribution in [0.5, 0.6) is 5.75 Å². The monoisotopic (exact) mass is 310 g/mol. The van der Waals surface area contributed by atoms with E-state index in [9.17, 15) is 13.2 Å². The highest BCUT2D eigenvalue weighted by atomic mass is 19.4. The average molecular weight is 310 g/mol. The lowest BCUT2D eigenvalue weighted by Gasteiger charge is -2.10. The summed E-state index contributed by atoms with van der Waals surface area (Å²) in [5.41, 5.74) is 2.72. The second kappa shape index (κ2) is 7.26. The van der Waals surface area contributed by atoms with Crippen LogP contribution in [0.15, 0.2) is 42.5 Å².